The number of halogens is 1. The van der Waals surface area contributed by atoms with E-state index >= 15 is 0 Å². The molecule has 1 aliphatic rings. The molecule has 1 saturated heterocycles. The molecule has 1 aromatic heterocycles. The lowest BCUT2D eigenvalue weighted by Gasteiger charge is -2.23. The van der Waals surface area contributed by atoms with Gasteiger partial charge in [-0.05, 0) is 24.3 Å². The number of anilines is 2. The van der Waals surface area contributed by atoms with Gasteiger partial charge in [0, 0.05) is 30.4 Å². The number of nitrogens with one attached hydrogen (secondary N) is 3. The predicted octanol–water partition coefficient (Wildman–Crippen LogP) is 2.27. The van der Waals surface area contributed by atoms with Crippen LogP contribution in [0, 0.1) is 0 Å². The smallest absolute Gasteiger partial charge is 0.258 e. The summed E-state index contributed by atoms with van der Waals surface area (Å²) in [4.78, 5) is 24.1. The van der Waals surface area contributed by atoms with Gasteiger partial charge in [0.25, 0.3) is 5.91 Å². The fourth-order valence-electron chi connectivity index (χ4n) is 2.46. The van der Waals surface area contributed by atoms with E-state index in [0.717, 1.165) is 6.54 Å². The van der Waals surface area contributed by atoms with Crippen molar-refractivity contribution in [3.05, 3.63) is 48.4 Å². The molecule has 0 aliphatic carbocycles. The number of rotatable bonds is 5. The minimum absolute atomic E-state index is 0. The Hall–Kier alpha value is -2.35. The first-order valence-electron chi connectivity index (χ1n) is 7.75. The van der Waals surface area contributed by atoms with Crippen molar-refractivity contribution in [3.63, 3.8) is 0 Å². The molecular formula is C17H20ClN3O4. The average Bonchev–Trinajstić information content (AvgIpc) is 3.10. The van der Waals surface area contributed by atoms with Crippen LogP contribution in [0.4, 0.5) is 11.4 Å². The molecular weight excluding hydrogens is 346 g/mol. The van der Waals surface area contributed by atoms with Gasteiger partial charge in [0.2, 0.25) is 5.91 Å². The van der Waals surface area contributed by atoms with Crippen LogP contribution in [0.25, 0.3) is 0 Å². The Morgan fingerprint density at radius 3 is 2.68 bits per heavy atom. The summed E-state index contributed by atoms with van der Waals surface area (Å²) in [6, 6.07) is 8.62. The third-order valence-corrected chi connectivity index (χ3v) is 3.62. The number of carbonyl (C=O) groups excluding carboxylic acids is 2. The van der Waals surface area contributed by atoms with Crippen LogP contribution in [0.3, 0.4) is 0 Å². The van der Waals surface area contributed by atoms with E-state index in [1.807, 2.05) is 0 Å². The summed E-state index contributed by atoms with van der Waals surface area (Å²) in [5.74, 6) is -0.368. The third kappa shape index (κ3) is 5.60. The molecule has 3 rings (SSSR count). The number of hydrogen-bond acceptors (Lipinski definition) is 5. The van der Waals surface area contributed by atoms with Gasteiger partial charge in [-0.3, -0.25) is 9.59 Å². The second-order valence-electron chi connectivity index (χ2n) is 5.53. The molecule has 2 heterocycles. The summed E-state index contributed by atoms with van der Waals surface area (Å²) < 4.78 is 10.2. The molecule has 0 bridgehead atoms. The van der Waals surface area contributed by atoms with E-state index in [9.17, 15) is 9.59 Å². The van der Waals surface area contributed by atoms with Gasteiger partial charge < -0.3 is 25.1 Å². The fourth-order valence-corrected chi connectivity index (χ4v) is 2.46. The minimum Gasteiger partial charge on any atom is -0.472 e. The van der Waals surface area contributed by atoms with Crippen LogP contribution in [0.15, 0.2) is 47.3 Å². The maximum atomic E-state index is 12.1. The molecule has 2 amide bonds. The molecule has 1 aromatic carbocycles. The van der Waals surface area contributed by atoms with Gasteiger partial charge in [-0.1, -0.05) is 6.07 Å². The Labute approximate surface area is 151 Å². The molecule has 0 radical (unpaired) electrons. The standard InChI is InChI=1S/C17H19N3O4.ClH/c21-16(9-15-11-24-7-5-18-15)19-13-2-1-3-14(8-13)20-17(22)12-4-6-23-10-12;/h1-4,6,8,10,15,18H,5,7,9,11H2,(H,19,21)(H,20,22);1H. The van der Waals surface area contributed by atoms with Crippen LogP contribution in [-0.4, -0.2) is 37.6 Å². The van der Waals surface area contributed by atoms with E-state index in [0.29, 0.717) is 36.6 Å². The number of amides is 2. The quantitative estimate of drug-likeness (QED) is 0.756. The van der Waals surface area contributed by atoms with Crippen LogP contribution in [-0.2, 0) is 9.53 Å². The summed E-state index contributed by atoms with van der Waals surface area (Å²) in [6.45, 7) is 1.97. The molecule has 1 fully saturated rings. The van der Waals surface area contributed by atoms with E-state index in [1.165, 1.54) is 12.5 Å². The summed E-state index contributed by atoms with van der Waals surface area (Å²) in [5, 5.41) is 8.83. The normalized spacial score (nSPS) is 16.6. The monoisotopic (exact) mass is 365 g/mol. The van der Waals surface area contributed by atoms with Crippen LogP contribution >= 0.6 is 12.4 Å². The Morgan fingerprint density at radius 2 is 2.00 bits per heavy atom. The molecule has 0 saturated carbocycles. The van der Waals surface area contributed by atoms with Gasteiger partial charge in [0.05, 0.1) is 25.0 Å². The zero-order chi connectivity index (χ0) is 16.8. The first-order valence-corrected chi connectivity index (χ1v) is 7.75. The average molecular weight is 366 g/mol. The number of carbonyl (C=O) groups is 2. The van der Waals surface area contributed by atoms with Crippen molar-refractivity contribution < 1.29 is 18.7 Å². The number of ether oxygens (including phenoxy) is 1. The molecule has 0 spiro atoms. The van der Waals surface area contributed by atoms with E-state index < -0.39 is 0 Å². The first-order chi connectivity index (χ1) is 11.7. The van der Waals surface area contributed by atoms with Gasteiger partial charge in [-0.15, -0.1) is 12.4 Å². The van der Waals surface area contributed by atoms with Crippen LogP contribution in [0.2, 0.25) is 0 Å². The Bertz CT molecular complexity index is 700. The van der Waals surface area contributed by atoms with Crippen molar-refractivity contribution in [1.29, 1.82) is 0 Å². The minimum atomic E-state index is -0.268. The molecule has 2 aromatic rings. The van der Waals surface area contributed by atoms with Gasteiger partial charge >= 0.3 is 0 Å². The lowest BCUT2D eigenvalue weighted by atomic mass is 10.2. The van der Waals surface area contributed by atoms with Crippen molar-refractivity contribution in [3.8, 4) is 0 Å². The highest BCUT2D eigenvalue weighted by Crippen LogP contribution is 2.17. The lowest BCUT2D eigenvalue weighted by Crippen LogP contribution is -2.43. The molecule has 1 atom stereocenters. The van der Waals surface area contributed by atoms with E-state index in [1.54, 1.807) is 30.3 Å². The van der Waals surface area contributed by atoms with E-state index in [2.05, 4.69) is 16.0 Å². The molecule has 25 heavy (non-hydrogen) atoms. The van der Waals surface area contributed by atoms with Gasteiger partial charge in [-0.25, -0.2) is 0 Å². The molecule has 3 N–H and O–H groups in total. The number of hydrogen-bond donors (Lipinski definition) is 3. The van der Waals surface area contributed by atoms with Crippen molar-refractivity contribution in [2.45, 2.75) is 12.5 Å². The predicted molar refractivity (Wildman–Crippen MR) is 96.2 cm³/mol. The van der Waals surface area contributed by atoms with Crippen molar-refractivity contribution >= 4 is 35.6 Å². The summed E-state index contributed by atoms with van der Waals surface area (Å²) in [7, 11) is 0. The van der Waals surface area contributed by atoms with Crippen molar-refractivity contribution in [2.75, 3.05) is 30.4 Å². The second kappa shape index (κ2) is 9.22. The van der Waals surface area contributed by atoms with E-state index in [4.69, 9.17) is 9.15 Å². The van der Waals surface area contributed by atoms with Crippen LogP contribution in [0.1, 0.15) is 16.8 Å². The van der Waals surface area contributed by atoms with Crippen LogP contribution in [0.5, 0.6) is 0 Å². The summed E-state index contributed by atoms with van der Waals surface area (Å²) in [6.07, 6.45) is 3.15. The molecule has 8 heteroatoms. The van der Waals surface area contributed by atoms with Crippen molar-refractivity contribution in [2.24, 2.45) is 0 Å². The molecule has 1 aliphatic heterocycles. The first kappa shape index (κ1) is 19.0. The lowest BCUT2D eigenvalue weighted by molar-refractivity contribution is -0.117. The van der Waals surface area contributed by atoms with Gasteiger partial charge in [0.1, 0.15) is 6.26 Å². The largest absolute Gasteiger partial charge is 0.472 e. The third-order valence-electron chi connectivity index (χ3n) is 3.62. The van der Waals surface area contributed by atoms with Crippen molar-refractivity contribution in [1.82, 2.24) is 5.32 Å². The Balaban J connectivity index is 0.00000225. The Morgan fingerprint density at radius 1 is 1.20 bits per heavy atom. The highest BCUT2D eigenvalue weighted by Gasteiger charge is 2.17. The second-order valence-corrected chi connectivity index (χ2v) is 5.53. The number of morpholine rings is 1. The summed E-state index contributed by atoms with van der Waals surface area (Å²) >= 11 is 0. The van der Waals surface area contributed by atoms with Crippen LogP contribution < -0.4 is 16.0 Å². The maximum Gasteiger partial charge on any atom is 0.258 e. The highest BCUT2D eigenvalue weighted by molar-refractivity contribution is 6.04. The van der Waals surface area contributed by atoms with Gasteiger partial charge in [-0.2, -0.15) is 0 Å². The SMILES string of the molecule is Cl.O=C(CC1COCCN1)Nc1cccc(NC(=O)c2ccoc2)c1. The molecule has 134 valence electrons. The molecule has 1 unspecified atom stereocenters. The Kier molecular flexibility index (Phi) is 7.00. The topological polar surface area (TPSA) is 92.6 Å². The highest BCUT2D eigenvalue weighted by atomic mass is 35.5. The fraction of sp³-hybridized carbons (Fsp3) is 0.294. The van der Waals surface area contributed by atoms with E-state index in [-0.39, 0.29) is 30.3 Å². The zero-order valence-electron chi connectivity index (χ0n) is 13.5. The zero-order valence-corrected chi connectivity index (χ0v) is 14.3. The molecule has 7 nitrogen and oxygen atoms in total. The summed E-state index contributed by atoms with van der Waals surface area (Å²) in [5.41, 5.74) is 1.66. The number of benzene rings is 1. The van der Waals surface area contributed by atoms with Gasteiger partial charge in [0.15, 0.2) is 0 Å². The maximum absolute atomic E-state index is 12.1. The number of furan rings is 1.